The predicted octanol–water partition coefficient (Wildman–Crippen LogP) is 5.31. The van der Waals surface area contributed by atoms with Crippen molar-refractivity contribution in [3.05, 3.63) is 59.8 Å². The molecule has 0 bridgehead atoms. The maximum Gasteiger partial charge on any atom is 0.411 e. The standard InChI is InChI=1S/C24H20ClFN6O3/c1-35-24(34)29-16-4-2-13(3-5-16)14-8-20-22(27-10-14)31-21(30-20)18-9-17(6-7-19(18)25)28-23(33)32-11-15(26)12-32/h2-10,15H,11-12H2,1H3,(H,28,33)(H,29,34)(H,27,30,31). The molecule has 178 valence electrons. The molecule has 35 heavy (non-hydrogen) atoms. The third-order valence-electron chi connectivity index (χ3n) is 5.58. The van der Waals surface area contributed by atoms with E-state index in [4.69, 9.17) is 11.6 Å². The molecule has 0 saturated carbocycles. The summed E-state index contributed by atoms with van der Waals surface area (Å²) in [4.78, 5) is 37.2. The Morgan fingerprint density at radius 2 is 1.83 bits per heavy atom. The van der Waals surface area contributed by atoms with Gasteiger partial charge in [0.25, 0.3) is 0 Å². The van der Waals surface area contributed by atoms with Crippen LogP contribution in [0.2, 0.25) is 5.02 Å². The highest BCUT2D eigenvalue weighted by Gasteiger charge is 2.30. The summed E-state index contributed by atoms with van der Waals surface area (Å²) in [5, 5.41) is 5.81. The van der Waals surface area contributed by atoms with E-state index in [2.05, 4.69) is 30.3 Å². The van der Waals surface area contributed by atoms with Crippen LogP contribution in [0.5, 0.6) is 0 Å². The molecule has 2 aromatic heterocycles. The van der Waals surface area contributed by atoms with Crippen molar-refractivity contribution in [2.45, 2.75) is 6.17 Å². The van der Waals surface area contributed by atoms with Crippen molar-refractivity contribution in [1.29, 1.82) is 0 Å². The van der Waals surface area contributed by atoms with Gasteiger partial charge >= 0.3 is 12.1 Å². The molecule has 2 aromatic carbocycles. The largest absolute Gasteiger partial charge is 0.453 e. The quantitative estimate of drug-likeness (QED) is 0.356. The Morgan fingerprint density at radius 3 is 2.54 bits per heavy atom. The number of anilines is 2. The number of rotatable bonds is 4. The van der Waals surface area contributed by atoms with E-state index in [0.717, 1.165) is 11.1 Å². The Labute approximate surface area is 204 Å². The van der Waals surface area contributed by atoms with Crippen LogP contribution in [0.1, 0.15) is 0 Å². The molecule has 0 radical (unpaired) electrons. The van der Waals surface area contributed by atoms with E-state index in [0.29, 0.717) is 38.9 Å². The molecule has 3 heterocycles. The lowest BCUT2D eigenvalue weighted by Gasteiger charge is -2.34. The van der Waals surface area contributed by atoms with Crippen LogP contribution in [-0.4, -0.2) is 58.3 Å². The average Bonchev–Trinajstić information content (AvgIpc) is 3.26. The monoisotopic (exact) mass is 494 g/mol. The summed E-state index contributed by atoms with van der Waals surface area (Å²) in [6.45, 7) is 0.183. The number of methoxy groups -OCH3 is 1. The molecule has 3 N–H and O–H groups in total. The van der Waals surface area contributed by atoms with Crippen molar-refractivity contribution in [2.24, 2.45) is 0 Å². The number of likely N-dealkylation sites (tertiary alicyclic amines) is 1. The smallest absolute Gasteiger partial charge is 0.411 e. The minimum atomic E-state index is -0.969. The number of urea groups is 1. The van der Waals surface area contributed by atoms with Crippen LogP contribution < -0.4 is 10.6 Å². The molecule has 0 unspecified atom stereocenters. The number of aromatic nitrogens is 3. The maximum atomic E-state index is 13.0. The van der Waals surface area contributed by atoms with Crippen LogP contribution in [-0.2, 0) is 4.74 Å². The number of imidazole rings is 1. The van der Waals surface area contributed by atoms with Gasteiger partial charge in [0.1, 0.15) is 12.0 Å². The number of ether oxygens (including phenoxy) is 1. The lowest BCUT2D eigenvalue weighted by atomic mass is 10.1. The highest BCUT2D eigenvalue weighted by Crippen LogP contribution is 2.31. The molecule has 11 heteroatoms. The number of aromatic amines is 1. The predicted molar refractivity (Wildman–Crippen MR) is 131 cm³/mol. The van der Waals surface area contributed by atoms with Gasteiger partial charge in [0, 0.05) is 28.7 Å². The number of nitrogens with zero attached hydrogens (tertiary/aromatic N) is 3. The number of amides is 3. The zero-order chi connectivity index (χ0) is 24.5. The Balaban J connectivity index is 1.38. The summed E-state index contributed by atoms with van der Waals surface area (Å²) >= 11 is 6.41. The lowest BCUT2D eigenvalue weighted by Crippen LogP contribution is -2.53. The van der Waals surface area contributed by atoms with E-state index in [-0.39, 0.29) is 19.1 Å². The number of halogens is 2. The molecule has 0 spiro atoms. The van der Waals surface area contributed by atoms with E-state index in [1.165, 1.54) is 12.0 Å². The van der Waals surface area contributed by atoms with Gasteiger partial charge in [-0.15, -0.1) is 0 Å². The van der Waals surface area contributed by atoms with E-state index in [1.807, 2.05) is 18.2 Å². The first kappa shape index (κ1) is 22.6. The normalized spacial score (nSPS) is 13.4. The molecular formula is C24H20ClFN6O3. The summed E-state index contributed by atoms with van der Waals surface area (Å²) in [7, 11) is 1.30. The van der Waals surface area contributed by atoms with E-state index in [9.17, 15) is 14.0 Å². The molecule has 0 atom stereocenters. The first-order valence-electron chi connectivity index (χ1n) is 10.7. The second-order valence-electron chi connectivity index (χ2n) is 8.00. The number of hydrogen-bond acceptors (Lipinski definition) is 5. The second kappa shape index (κ2) is 9.22. The number of benzene rings is 2. The zero-order valence-corrected chi connectivity index (χ0v) is 19.3. The molecule has 1 aliphatic heterocycles. The lowest BCUT2D eigenvalue weighted by molar-refractivity contribution is 0.0974. The van der Waals surface area contributed by atoms with Gasteiger partial charge < -0.3 is 19.9 Å². The molecule has 1 fully saturated rings. The van der Waals surface area contributed by atoms with Crippen LogP contribution in [0, 0.1) is 0 Å². The fourth-order valence-electron chi connectivity index (χ4n) is 3.68. The Hall–Kier alpha value is -4.18. The van der Waals surface area contributed by atoms with Crippen molar-refractivity contribution in [2.75, 3.05) is 30.8 Å². The molecule has 4 aromatic rings. The number of alkyl halides is 1. The van der Waals surface area contributed by atoms with Crippen molar-refractivity contribution >= 4 is 46.3 Å². The van der Waals surface area contributed by atoms with Crippen LogP contribution >= 0.6 is 11.6 Å². The first-order valence-corrected chi connectivity index (χ1v) is 11.1. The van der Waals surface area contributed by atoms with Crippen LogP contribution in [0.15, 0.2) is 54.7 Å². The number of H-pyrrole nitrogens is 1. The molecule has 3 amide bonds. The van der Waals surface area contributed by atoms with Crippen molar-refractivity contribution in [1.82, 2.24) is 19.9 Å². The van der Waals surface area contributed by atoms with E-state index < -0.39 is 12.3 Å². The Kier molecular flexibility index (Phi) is 5.96. The van der Waals surface area contributed by atoms with E-state index >= 15 is 0 Å². The highest BCUT2D eigenvalue weighted by atomic mass is 35.5. The third kappa shape index (κ3) is 4.73. The number of nitrogens with one attached hydrogen (secondary N) is 3. The van der Waals surface area contributed by atoms with E-state index in [1.54, 1.807) is 36.5 Å². The summed E-state index contributed by atoms with van der Waals surface area (Å²) in [6.07, 6.45) is 0.199. The number of carbonyl (C=O) groups is 2. The van der Waals surface area contributed by atoms with Gasteiger partial charge in [-0.3, -0.25) is 5.32 Å². The summed E-state index contributed by atoms with van der Waals surface area (Å²) in [5.41, 5.74) is 4.68. The average molecular weight is 495 g/mol. The Morgan fingerprint density at radius 1 is 1.09 bits per heavy atom. The summed E-state index contributed by atoms with van der Waals surface area (Å²) < 4.78 is 17.6. The fourth-order valence-corrected chi connectivity index (χ4v) is 3.89. The molecule has 0 aliphatic carbocycles. The molecular weight excluding hydrogens is 475 g/mol. The topological polar surface area (TPSA) is 112 Å². The number of fused-ring (bicyclic) bond motifs is 1. The van der Waals surface area contributed by atoms with Gasteiger partial charge in [0.05, 0.1) is 30.7 Å². The molecule has 1 aliphatic rings. The Bertz CT molecular complexity index is 1420. The number of hydrogen-bond donors (Lipinski definition) is 3. The number of pyridine rings is 1. The number of carbonyl (C=O) groups excluding carboxylic acids is 2. The third-order valence-corrected chi connectivity index (χ3v) is 5.91. The maximum absolute atomic E-state index is 13.0. The van der Waals surface area contributed by atoms with Crippen molar-refractivity contribution in [3.63, 3.8) is 0 Å². The van der Waals surface area contributed by atoms with Gasteiger partial charge in [-0.25, -0.2) is 23.9 Å². The highest BCUT2D eigenvalue weighted by molar-refractivity contribution is 6.33. The summed E-state index contributed by atoms with van der Waals surface area (Å²) in [5.74, 6) is 0.496. The van der Waals surface area contributed by atoms with Gasteiger partial charge in [-0.2, -0.15) is 0 Å². The molecule has 1 saturated heterocycles. The van der Waals surface area contributed by atoms with Crippen LogP contribution in [0.25, 0.3) is 33.7 Å². The SMILES string of the molecule is COC(=O)Nc1ccc(-c2cnc3nc(-c4cc(NC(=O)N5CC(F)C5)ccc4Cl)[nH]c3c2)cc1. The zero-order valence-electron chi connectivity index (χ0n) is 18.5. The fraction of sp³-hybridized carbons (Fsp3) is 0.167. The summed E-state index contributed by atoms with van der Waals surface area (Å²) in [6, 6.07) is 13.8. The van der Waals surface area contributed by atoms with Gasteiger partial charge in [-0.1, -0.05) is 23.7 Å². The minimum absolute atomic E-state index is 0.0916. The van der Waals surface area contributed by atoms with Crippen LogP contribution in [0.4, 0.5) is 25.4 Å². The van der Waals surface area contributed by atoms with Crippen LogP contribution in [0.3, 0.4) is 0 Å². The van der Waals surface area contributed by atoms with Gasteiger partial charge in [0.15, 0.2) is 5.65 Å². The van der Waals surface area contributed by atoms with Gasteiger partial charge in [0.2, 0.25) is 0 Å². The molecule has 5 rings (SSSR count). The second-order valence-corrected chi connectivity index (χ2v) is 8.41. The molecule has 9 nitrogen and oxygen atoms in total. The minimum Gasteiger partial charge on any atom is -0.453 e. The van der Waals surface area contributed by atoms with Gasteiger partial charge in [-0.05, 0) is 42.0 Å². The van der Waals surface area contributed by atoms with Crippen molar-refractivity contribution in [3.8, 4) is 22.5 Å². The van der Waals surface area contributed by atoms with Crippen molar-refractivity contribution < 1.29 is 18.7 Å². The first-order chi connectivity index (χ1) is 16.9.